The first kappa shape index (κ1) is 17.0. The molecule has 1 saturated carbocycles. The van der Waals surface area contributed by atoms with Gasteiger partial charge in [-0.05, 0) is 38.0 Å². The minimum atomic E-state index is 0. The van der Waals surface area contributed by atoms with Crippen LogP contribution in [0.3, 0.4) is 0 Å². The van der Waals surface area contributed by atoms with Crippen molar-refractivity contribution in [3.63, 3.8) is 0 Å². The van der Waals surface area contributed by atoms with Crippen molar-refractivity contribution in [3.8, 4) is 0 Å². The van der Waals surface area contributed by atoms with E-state index in [2.05, 4.69) is 50.2 Å². The van der Waals surface area contributed by atoms with E-state index in [4.69, 9.17) is 0 Å². The maximum Gasteiger partial charge on any atom is 0.191 e. The lowest BCUT2D eigenvalue weighted by atomic mass is 10.1. The Morgan fingerprint density at radius 1 is 1.41 bits per heavy atom. The van der Waals surface area contributed by atoms with Crippen molar-refractivity contribution in [2.45, 2.75) is 53.5 Å². The van der Waals surface area contributed by atoms with Gasteiger partial charge < -0.3 is 10.6 Å². The number of hydrogen-bond acceptors (Lipinski definition) is 1. The van der Waals surface area contributed by atoms with Crippen LogP contribution in [0, 0.1) is 11.3 Å². The third-order valence-corrected chi connectivity index (χ3v) is 3.53. The number of guanidine groups is 1. The molecule has 2 N–H and O–H groups in total. The Hall–Kier alpha value is 0. The molecule has 2 unspecified atom stereocenters. The fourth-order valence-corrected chi connectivity index (χ4v) is 1.74. The molecule has 1 aliphatic rings. The van der Waals surface area contributed by atoms with Gasteiger partial charge in [0.1, 0.15) is 0 Å². The third kappa shape index (κ3) is 5.93. The molecule has 17 heavy (non-hydrogen) atoms. The largest absolute Gasteiger partial charge is 0.357 e. The van der Waals surface area contributed by atoms with Crippen molar-refractivity contribution >= 4 is 29.9 Å². The summed E-state index contributed by atoms with van der Waals surface area (Å²) in [6.45, 7) is 13.0. The highest BCUT2D eigenvalue weighted by Gasteiger charge is 2.45. The standard InChI is InChI=1S/C13H27N3.HI/c1-6-10(3)16-12(14-7-2)15-9-11-8-13(11,4)5;/h10-11H,6-9H2,1-5H3,(H2,14,15,16);1H. The second-order valence-corrected chi connectivity index (χ2v) is 5.56. The molecule has 0 aromatic carbocycles. The van der Waals surface area contributed by atoms with Crippen LogP contribution >= 0.6 is 24.0 Å². The molecule has 0 amide bonds. The summed E-state index contributed by atoms with van der Waals surface area (Å²) in [5.41, 5.74) is 0.525. The van der Waals surface area contributed by atoms with E-state index in [0.717, 1.165) is 31.4 Å². The van der Waals surface area contributed by atoms with Gasteiger partial charge in [-0.2, -0.15) is 0 Å². The van der Waals surface area contributed by atoms with Crippen LogP contribution in [0.5, 0.6) is 0 Å². The Balaban J connectivity index is 0.00000256. The molecule has 3 nitrogen and oxygen atoms in total. The van der Waals surface area contributed by atoms with Gasteiger partial charge in [0.15, 0.2) is 5.96 Å². The average molecular weight is 353 g/mol. The highest BCUT2D eigenvalue weighted by molar-refractivity contribution is 14.0. The third-order valence-electron chi connectivity index (χ3n) is 3.53. The molecule has 1 fully saturated rings. The molecule has 0 heterocycles. The molecular weight excluding hydrogens is 325 g/mol. The molecule has 2 atom stereocenters. The predicted octanol–water partition coefficient (Wildman–Crippen LogP) is 3.00. The summed E-state index contributed by atoms with van der Waals surface area (Å²) in [5, 5.41) is 6.71. The summed E-state index contributed by atoms with van der Waals surface area (Å²) in [7, 11) is 0. The van der Waals surface area contributed by atoms with Crippen molar-refractivity contribution in [1.82, 2.24) is 10.6 Å². The second-order valence-electron chi connectivity index (χ2n) is 5.56. The topological polar surface area (TPSA) is 36.4 Å². The summed E-state index contributed by atoms with van der Waals surface area (Å²) in [4.78, 5) is 4.65. The van der Waals surface area contributed by atoms with Crippen molar-refractivity contribution in [3.05, 3.63) is 0 Å². The molecule has 0 spiro atoms. The van der Waals surface area contributed by atoms with Gasteiger partial charge in [0.25, 0.3) is 0 Å². The van der Waals surface area contributed by atoms with Gasteiger partial charge in [-0.25, -0.2) is 0 Å². The highest BCUT2D eigenvalue weighted by atomic mass is 127. The molecule has 102 valence electrons. The summed E-state index contributed by atoms with van der Waals surface area (Å²) < 4.78 is 0. The average Bonchev–Trinajstić information content (AvgIpc) is 2.83. The van der Waals surface area contributed by atoms with E-state index in [0.29, 0.717) is 11.5 Å². The van der Waals surface area contributed by atoms with E-state index < -0.39 is 0 Å². The lowest BCUT2D eigenvalue weighted by Crippen LogP contribution is -2.42. The molecule has 4 heteroatoms. The van der Waals surface area contributed by atoms with E-state index in [-0.39, 0.29) is 24.0 Å². The molecule has 0 radical (unpaired) electrons. The van der Waals surface area contributed by atoms with Crippen LogP contribution < -0.4 is 10.6 Å². The van der Waals surface area contributed by atoms with Gasteiger partial charge >= 0.3 is 0 Å². The predicted molar refractivity (Wildman–Crippen MR) is 86.2 cm³/mol. The molecule has 0 aromatic rings. The van der Waals surface area contributed by atoms with Gasteiger partial charge in [0, 0.05) is 19.1 Å². The van der Waals surface area contributed by atoms with Gasteiger partial charge in [-0.3, -0.25) is 4.99 Å². The maximum atomic E-state index is 4.65. The van der Waals surface area contributed by atoms with Crippen LogP contribution in [0.4, 0.5) is 0 Å². The molecule has 1 rings (SSSR count). The quantitative estimate of drug-likeness (QED) is 0.453. The number of halogens is 1. The van der Waals surface area contributed by atoms with Crippen molar-refractivity contribution in [1.29, 1.82) is 0 Å². The maximum absolute atomic E-state index is 4.65. The smallest absolute Gasteiger partial charge is 0.191 e. The summed E-state index contributed by atoms with van der Waals surface area (Å²) in [6.07, 6.45) is 2.44. The van der Waals surface area contributed by atoms with Crippen LogP contribution in [0.1, 0.15) is 47.5 Å². The Morgan fingerprint density at radius 2 is 2.00 bits per heavy atom. The number of hydrogen-bond donors (Lipinski definition) is 2. The zero-order valence-electron chi connectivity index (χ0n) is 11.8. The monoisotopic (exact) mass is 353 g/mol. The number of nitrogens with zero attached hydrogens (tertiary/aromatic N) is 1. The van der Waals surface area contributed by atoms with Gasteiger partial charge in [-0.15, -0.1) is 24.0 Å². The van der Waals surface area contributed by atoms with E-state index in [1.165, 1.54) is 6.42 Å². The number of aliphatic imine (C=N–C) groups is 1. The summed E-state index contributed by atoms with van der Waals surface area (Å²) in [5.74, 6) is 1.75. The van der Waals surface area contributed by atoms with Crippen LogP contribution in [0.2, 0.25) is 0 Å². The fourth-order valence-electron chi connectivity index (χ4n) is 1.74. The molecule has 0 saturated heterocycles. The van der Waals surface area contributed by atoms with Crippen molar-refractivity contribution < 1.29 is 0 Å². The van der Waals surface area contributed by atoms with Crippen LogP contribution in [-0.2, 0) is 0 Å². The zero-order valence-corrected chi connectivity index (χ0v) is 14.2. The lowest BCUT2D eigenvalue weighted by Gasteiger charge is -2.16. The fraction of sp³-hybridized carbons (Fsp3) is 0.923. The first-order chi connectivity index (χ1) is 7.49. The van der Waals surface area contributed by atoms with Crippen molar-refractivity contribution in [2.75, 3.05) is 13.1 Å². The Labute approximate surface area is 123 Å². The van der Waals surface area contributed by atoms with Crippen LogP contribution in [0.25, 0.3) is 0 Å². The first-order valence-electron chi connectivity index (χ1n) is 6.54. The number of rotatable bonds is 5. The molecule has 0 aliphatic heterocycles. The number of nitrogens with one attached hydrogen (secondary N) is 2. The van der Waals surface area contributed by atoms with Crippen LogP contribution in [0.15, 0.2) is 4.99 Å². The van der Waals surface area contributed by atoms with Gasteiger partial charge in [-0.1, -0.05) is 20.8 Å². The lowest BCUT2D eigenvalue weighted by molar-refractivity contribution is 0.561. The normalized spacial score (nSPS) is 23.6. The minimum absolute atomic E-state index is 0. The molecule has 0 aromatic heterocycles. The SMILES string of the molecule is CCNC(=NCC1CC1(C)C)NC(C)CC.I. The van der Waals surface area contributed by atoms with E-state index >= 15 is 0 Å². The second kappa shape index (κ2) is 7.44. The zero-order chi connectivity index (χ0) is 12.2. The minimum Gasteiger partial charge on any atom is -0.357 e. The molecular formula is C13H28IN3. The Morgan fingerprint density at radius 3 is 2.41 bits per heavy atom. The van der Waals surface area contributed by atoms with E-state index in [1.807, 2.05) is 0 Å². The first-order valence-corrected chi connectivity index (χ1v) is 6.54. The van der Waals surface area contributed by atoms with Crippen LogP contribution in [-0.4, -0.2) is 25.1 Å². The molecule has 0 bridgehead atoms. The highest BCUT2D eigenvalue weighted by Crippen LogP contribution is 2.51. The van der Waals surface area contributed by atoms with E-state index in [9.17, 15) is 0 Å². The molecule has 1 aliphatic carbocycles. The summed E-state index contributed by atoms with van der Waals surface area (Å²) in [6, 6.07) is 0.491. The van der Waals surface area contributed by atoms with Crippen molar-refractivity contribution in [2.24, 2.45) is 16.3 Å². The van der Waals surface area contributed by atoms with E-state index in [1.54, 1.807) is 0 Å². The van der Waals surface area contributed by atoms with Gasteiger partial charge in [0.2, 0.25) is 0 Å². The van der Waals surface area contributed by atoms with Gasteiger partial charge in [0.05, 0.1) is 0 Å². The Bertz CT molecular complexity index is 251. The Kier molecular flexibility index (Phi) is 7.44. The summed E-state index contributed by atoms with van der Waals surface area (Å²) >= 11 is 0.